The van der Waals surface area contributed by atoms with Crippen molar-refractivity contribution in [2.24, 2.45) is 0 Å². The summed E-state index contributed by atoms with van der Waals surface area (Å²) in [6.07, 6.45) is 4.25. The Balaban J connectivity index is 1.36. The quantitative estimate of drug-likeness (QED) is 0.0688. The third-order valence-corrected chi connectivity index (χ3v) is 23.3. The summed E-state index contributed by atoms with van der Waals surface area (Å²) >= 11 is 0. The molecule has 2 unspecified atom stereocenters. The van der Waals surface area contributed by atoms with Gasteiger partial charge in [-0.15, -0.1) is 0 Å². The molecule has 9 heteroatoms. The first-order valence-electron chi connectivity index (χ1n) is 20.7. The molecule has 1 aliphatic rings. The highest BCUT2D eigenvalue weighted by molar-refractivity contribution is 7.92. The van der Waals surface area contributed by atoms with Gasteiger partial charge in [-0.25, -0.2) is 8.42 Å². The number of phenolic OH excluding ortho intramolecular Hbond substituents is 1. The zero-order valence-electron chi connectivity index (χ0n) is 35.7. The molecular weight excluding hydrogens is 795 g/mol. The van der Waals surface area contributed by atoms with Crippen molar-refractivity contribution in [3.63, 3.8) is 0 Å². The fraction of sp³-hybridized carbons (Fsp3) is 0.255. The van der Waals surface area contributed by atoms with Gasteiger partial charge in [0.2, 0.25) is 0 Å². The van der Waals surface area contributed by atoms with Crippen LogP contribution in [0.1, 0.15) is 70.1 Å². The van der Waals surface area contributed by atoms with Crippen LogP contribution < -0.4 is 25.5 Å². The second-order valence-corrected chi connectivity index (χ2v) is 28.2. The monoisotopic (exact) mass is 851 g/mol. The van der Waals surface area contributed by atoms with E-state index in [0.29, 0.717) is 16.8 Å². The first-order valence-corrected chi connectivity index (χ1v) is 26.0. The van der Waals surface area contributed by atoms with E-state index < -0.39 is 38.5 Å². The standard InChI is InChI=1S/C51H57NO5SSi2/c1-38-28-32-41(33-29-38)58(54,55)52-46-34-35-47(53)49-40(37-57-60(51(5,6)7,44-24-16-10-17-25-44)45-26-18-11-19-27-45)31-30-39(48(46)49)36-56-59(50(2,3)4,42-20-12-8-13-21-42)43-22-14-9-15-23-43/h8-35,39-40,52-53H,36-37H2,1-7H3. The molecule has 0 aromatic heterocycles. The second kappa shape index (κ2) is 17.1. The summed E-state index contributed by atoms with van der Waals surface area (Å²) in [5.74, 6) is -0.720. The SMILES string of the molecule is Cc1ccc(S(=O)(=O)Nc2ccc(O)c3c2C(CO[Si](c2ccccc2)(c2ccccc2)C(C)(C)C)C=CC3CO[Si](c2ccccc2)(c2ccccc2)C(C)(C)C)cc1. The summed E-state index contributed by atoms with van der Waals surface area (Å²) < 4.78 is 46.2. The van der Waals surface area contributed by atoms with Crippen molar-refractivity contribution < 1.29 is 22.4 Å². The number of nitrogens with one attached hydrogen (secondary N) is 1. The van der Waals surface area contributed by atoms with Gasteiger partial charge in [-0.1, -0.05) is 193 Å². The molecule has 60 heavy (non-hydrogen) atoms. The normalized spacial score (nSPS) is 16.0. The van der Waals surface area contributed by atoms with Gasteiger partial charge in [0.25, 0.3) is 26.7 Å². The molecule has 0 saturated heterocycles. The first kappa shape index (κ1) is 43.1. The van der Waals surface area contributed by atoms with Gasteiger partial charge in [0.15, 0.2) is 0 Å². The zero-order valence-corrected chi connectivity index (χ0v) is 38.5. The number of aryl methyl sites for hydroxylation is 1. The van der Waals surface area contributed by atoms with E-state index in [9.17, 15) is 13.5 Å². The molecule has 310 valence electrons. The van der Waals surface area contributed by atoms with Crippen LogP contribution in [0.25, 0.3) is 0 Å². The lowest BCUT2D eigenvalue weighted by atomic mass is 9.81. The Labute approximate surface area is 359 Å². The number of hydrogen-bond acceptors (Lipinski definition) is 5. The summed E-state index contributed by atoms with van der Waals surface area (Å²) in [4.78, 5) is 0.160. The molecule has 0 bridgehead atoms. The number of rotatable bonds is 13. The van der Waals surface area contributed by atoms with Crippen molar-refractivity contribution in [3.05, 3.63) is 187 Å². The largest absolute Gasteiger partial charge is 0.508 e. The van der Waals surface area contributed by atoms with Crippen molar-refractivity contribution >= 4 is 53.1 Å². The number of phenols is 1. The van der Waals surface area contributed by atoms with Gasteiger partial charge in [0.05, 0.1) is 10.6 Å². The third-order valence-electron chi connectivity index (χ3n) is 11.9. The van der Waals surface area contributed by atoms with Gasteiger partial charge < -0.3 is 14.0 Å². The Bertz CT molecular complexity index is 2440. The van der Waals surface area contributed by atoms with E-state index in [-0.39, 0.29) is 33.9 Å². The molecule has 0 heterocycles. The van der Waals surface area contributed by atoms with E-state index in [4.69, 9.17) is 8.85 Å². The number of benzene rings is 6. The maximum atomic E-state index is 14.1. The fourth-order valence-electron chi connectivity index (χ4n) is 9.12. The molecule has 0 aliphatic heterocycles. The van der Waals surface area contributed by atoms with Gasteiger partial charge in [0, 0.05) is 30.6 Å². The van der Waals surface area contributed by atoms with E-state index in [1.807, 2.05) is 31.2 Å². The second-order valence-electron chi connectivity index (χ2n) is 17.9. The lowest BCUT2D eigenvalue weighted by molar-refractivity contribution is 0.272. The highest BCUT2D eigenvalue weighted by atomic mass is 32.2. The summed E-state index contributed by atoms with van der Waals surface area (Å²) in [6.45, 7) is 15.9. The van der Waals surface area contributed by atoms with Crippen molar-refractivity contribution in [1.29, 1.82) is 0 Å². The molecule has 6 aromatic carbocycles. The molecule has 2 atom stereocenters. The van der Waals surface area contributed by atoms with Crippen LogP contribution in [0.5, 0.6) is 5.75 Å². The van der Waals surface area contributed by atoms with Crippen molar-refractivity contribution in [3.8, 4) is 5.75 Å². The van der Waals surface area contributed by atoms with E-state index in [1.54, 1.807) is 36.4 Å². The van der Waals surface area contributed by atoms with E-state index in [1.165, 1.54) is 0 Å². The number of fused-ring (bicyclic) bond motifs is 1. The molecule has 1 aliphatic carbocycles. The molecule has 6 aromatic rings. The average molecular weight is 852 g/mol. The number of hydrogen-bond donors (Lipinski definition) is 2. The van der Waals surface area contributed by atoms with Crippen molar-refractivity contribution in [2.45, 2.75) is 75.3 Å². The topological polar surface area (TPSA) is 84.9 Å². The summed E-state index contributed by atoms with van der Waals surface area (Å²) in [6, 6.07) is 52.1. The average Bonchev–Trinajstić information content (AvgIpc) is 3.23. The smallest absolute Gasteiger partial charge is 0.261 e. The van der Waals surface area contributed by atoms with Crippen molar-refractivity contribution in [1.82, 2.24) is 0 Å². The van der Waals surface area contributed by atoms with Crippen LogP contribution in [-0.4, -0.2) is 43.4 Å². The molecule has 0 amide bonds. The molecule has 0 spiro atoms. The minimum atomic E-state index is -4.01. The molecule has 6 nitrogen and oxygen atoms in total. The van der Waals surface area contributed by atoms with Gasteiger partial charge in [-0.05, 0) is 67.6 Å². The minimum absolute atomic E-state index is 0.0825. The van der Waals surface area contributed by atoms with Gasteiger partial charge in [-0.3, -0.25) is 4.72 Å². The number of sulfonamides is 1. The number of aromatic hydroxyl groups is 1. The maximum Gasteiger partial charge on any atom is 0.261 e. The zero-order chi connectivity index (χ0) is 42.8. The van der Waals surface area contributed by atoms with Crippen molar-refractivity contribution in [2.75, 3.05) is 17.9 Å². The predicted molar refractivity (Wildman–Crippen MR) is 252 cm³/mol. The predicted octanol–water partition coefficient (Wildman–Crippen LogP) is 9.39. The van der Waals surface area contributed by atoms with E-state index in [2.05, 4.69) is 155 Å². The number of anilines is 1. The highest BCUT2D eigenvalue weighted by Crippen LogP contribution is 2.47. The minimum Gasteiger partial charge on any atom is -0.508 e. The van der Waals surface area contributed by atoms with Crippen LogP contribution >= 0.6 is 0 Å². The van der Waals surface area contributed by atoms with Crippen LogP contribution in [0.3, 0.4) is 0 Å². The fourth-order valence-corrected chi connectivity index (χ4v) is 19.4. The third kappa shape index (κ3) is 8.21. The van der Waals surface area contributed by atoms with Crippen LogP contribution in [0.4, 0.5) is 5.69 Å². The Morgan fingerprint density at radius 3 is 1.27 bits per heavy atom. The summed E-state index contributed by atoms with van der Waals surface area (Å²) in [5.41, 5.74) is 2.68. The van der Waals surface area contributed by atoms with Crippen LogP contribution in [0.2, 0.25) is 10.1 Å². The first-order chi connectivity index (χ1) is 28.6. The Hall–Kier alpha value is -5.04. The highest BCUT2D eigenvalue weighted by Gasteiger charge is 2.52. The Morgan fingerprint density at radius 2 is 0.900 bits per heavy atom. The molecule has 0 fully saturated rings. The Kier molecular flexibility index (Phi) is 12.3. The molecule has 2 N–H and O–H groups in total. The van der Waals surface area contributed by atoms with Crippen LogP contribution in [-0.2, 0) is 18.9 Å². The molecule has 0 radical (unpaired) electrons. The van der Waals surface area contributed by atoms with E-state index >= 15 is 0 Å². The Morgan fingerprint density at radius 1 is 0.533 bits per heavy atom. The van der Waals surface area contributed by atoms with Gasteiger partial charge in [-0.2, -0.15) is 0 Å². The van der Waals surface area contributed by atoms with Crippen LogP contribution in [0.15, 0.2) is 175 Å². The molecule has 7 rings (SSSR count). The summed E-state index contributed by atoms with van der Waals surface area (Å²) in [7, 11) is -9.98. The van der Waals surface area contributed by atoms with Gasteiger partial charge >= 0.3 is 0 Å². The van der Waals surface area contributed by atoms with Crippen LogP contribution in [0, 0.1) is 6.92 Å². The lowest BCUT2D eigenvalue weighted by Crippen LogP contribution is -2.67. The van der Waals surface area contributed by atoms with E-state index in [0.717, 1.165) is 26.3 Å². The maximum absolute atomic E-state index is 14.1. The van der Waals surface area contributed by atoms with Gasteiger partial charge in [0.1, 0.15) is 5.75 Å². The molecule has 0 saturated carbocycles. The molecular formula is C51H57NO5SSi2. The summed E-state index contributed by atoms with van der Waals surface area (Å²) in [5, 5.41) is 16.0. The lowest BCUT2D eigenvalue weighted by Gasteiger charge is -2.45.